The Hall–Kier alpha value is -3.51. The SMILES string of the molecule is N#C/C(=C/Nc1ccc(C#N)cc1)C(=O)NCc1ccco1. The monoisotopic (exact) mass is 292 g/mol. The van der Waals surface area contributed by atoms with Gasteiger partial charge in [-0.3, -0.25) is 4.79 Å². The summed E-state index contributed by atoms with van der Waals surface area (Å²) < 4.78 is 5.09. The van der Waals surface area contributed by atoms with Gasteiger partial charge in [0, 0.05) is 11.9 Å². The first-order valence-corrected chi connectivity index (χ1v) is 6.40. The Labute approximate surface area is 127 Å². The molecule has 1 amide bonds. The van der Waals surface area contributed by atoms with Crippen LogP contribution in [0.2, 0.25) is 0 Å². The van der Waals surface area contributed by atoms with Gasteiger partial charge in [-0.1, -0.05) is 0 Å². The summed E-state index contributed by atoms with van der Waals surface area (Å²) in [6.45, 7) is 0.210. The average Bonchev–Trinajstić information content (AvgIpc) is 3.07. The number of nitrogens with one attached hydrogen (secondary N) is 2. The molecule has 1 aromatic heterocycles. The summed E-state index contributed by atoms with van der Waals surface area (Å²) in [6, 6.07) is 13.9. The number of anilines is 1. The molecule has 1 aromatic carbocycles. The van der Waals surface area contributed by atoms with E-state index in [0.29, 0.717) is 17.0 Å². The molecule has 0 bridgehead atoms. The highest BCUT2D eigenvalue weighted by Gasteiger charge is 2.09. The van der Waals surface area contributed by atoms with Gasteiger partial charge < -0.3 is 15.1 Å². The van der Waals surface area contributed by atoms with Crippen LogP contribution in [-0.2, 0) is 11.3 Å². The highest BCUT2D eigenvalue weighted by atomic mass is 16.3. The second-order valence-corrected chi connectivity index (χ2v) is 4.27. The predicted octanol–water partition coefficient (Wildman–Crippen LogP) is 2.29. The fourth-order valence-corrected chi connectivity index (χ4v) is 1.62. The lowest BCUT2D eigenvalue weighted by atomic mass is 10.2. The fourth-order valence-electron chi connectivity index (χ4n) is 1.62. The standard InChI is InChI=1S/C16H12N4O2/c17-8-12-3-5-14(6-4-12)19-10-13(9-18)16(21)20-11-15-2-1-7-22-15/h1-7,10,19H,11H2,(H,20,21)/b13-10-. The lowest BCUT2D eigenvalue weighted by molar-refractivity contribution is -0.117. The normalized spacial score (nSPS) is 10.4. The summed E-state index contributed by atoms with van der Waals surface area (Å²) in [6.07, 6.45) is 2.83. The molecule has 0 saturated carbocycles. The summed E-state index contributed by atoms with van der Waals surface area (Å²) in [5, 5.41) is 23.2. The van der Waals surface area contributed by atoms with E-state index in [1.807, 2.05) is 12.1 Å². The molecular weight excluding hydrogens is 280 g/mol. The van der Waals surface area contributed by atoms with Gasteiger partial charge in [0.15, 0.2) is 0 Å². The Balaban J connectivity index is 1.96. The zero-order chi connectivity index (χ0) is 15.8. The first kappa shape index (κ1) is 14.9. The van der Waals surface area contributed by atoms with Gasteiger partial charge in [0.05, 0.1) is 24.4 Å². The maximum atomic E-state index is 11.9. The third-order valence-corrected chi connectivity index (χ3v) is 2.77. The van der Waals surface area contributed by atoms with Crippen molar-refractivity contribution in [1.29, 1.82) is 10.5 Å². The van der Waals surface area contributed by atoms with Crippen LogP contribution in [0.3, 0.4) is 0 Å². The van der Waals surface area contributed by atoms with Crippen LogP contribution < -0.4 is 10.6 Å². The third-order valence-electron chi connectivity index (χ3n) is 2.77. The molecule has 0 atom stereocenters. The summed E-state index contributed by atoms with van der Waals surface area (Å²) in [5.41, 5.74) is 1.15. The molecule has 6 heteroatoms. The van der Waals surface area contributed by atoms with Gasteiger partial charge in [-0.15, -0.1) is 0 Å². The smallest absolute Gasteiger partial charge is 0.263 e. The molecule has 0 aliphatic rings. The van der Waals surface area contributed by atoms with Crippen molar-refractivity contribution in [3.63, 3.8) is 0 Å². The van der Waals surface area contributed by atoms with Gasteiger partial charge in [0.1, 0.15) is 17.4 Å². The van der Waals surface area contributed by atoms with Crippen LogP contribution in [0.1, 0.15) is 11.3 Å². The molecule has 0 fully saturated rings. The van der Waals surface area contributed by atoms with E-state index in [2.05, 4.69) is 10.6 Å². The molecule has 2 N–H and O–H groups in total. The number of hydrogen-bond donors (Lipinski definition) is 2. The topological polar surface area (TPSA) is 102 Å². The fraction of sp³-hybridized carbons (Fsp3) is 0.0625. The Morgan fingerprint density at radius 3 is 2.59 bits per heavy atom. The Morgan fingerprint density at radius 1 is 1.23 bits per heavy atom. The first-order chi connectivity index (χ1) is 10.7. The minimum absolute atomic E-state index is 0.0593. The second kappa shape index (κ2) is 7.32. The minimum atomic E-state index is -0.500. The average molecular weight is 292 g/mol. The van der Waals surface area contributed by atoms with Crippen molar-refractivity contribution >= 4 is 11.6 Å². The quantitative estimate of drug-likeness (QED) is 0.650. The number of nitrogens with zero attached hydrogens (tertiary/aromatic N) is 2. The number of hydrogen-bond acceptors (Lipinski definition) is 5. The highest BCUT2D eigenvalue weighted by Crippen LogP contribution is 2.09. The van der Waals surface area contributed by atoms with E-state index in [9.17, 15) is 4.79 Å². The minimum Gasteiger partial charge on any atom is -0.467 e. The Kier molecular flexibility index (Phi) is 4.95. The van der Waals surface area contributed by atoms with E-state index < -0.39 is 5.91 Å². The van der Waals surface area contributed by atoms with Crippen molar-refractivity contribution in [3.8, 4) is 12.1 Å². The number of furan rings is 1. The van der Waals surface area contributed by atoms with Crippen LogP contribution in [0.5, 0.6) is 0 Å². The van der Waals surface area contributed by atoms with Crippen molar-refractivity contribution in [2.45, 2.75) is 6.54 Å². The van der Waals surface area contributed by atoms with E-state index in [1.165, 1.54) is 12.5 Å². The second-order valence-electron chi connectivity index (χ2n) is 4.27. The van der Waals surface area contributed by atoms with Gasteiger partial charge in [0.2, 0.25) is 0 Å². The summed E-state index contributed by atoms with van der Waals surface area (Å²) in [7, 11) is 0. The Bertz CT molecular complexity index is 747. The number of rotatable bonds is 5. The molecule has 0 radical (unpaired) electrons. The van der Waals surface area contributed by atoms with Crippen molar-refractivity contribution in [1.82, 2.24) is 5.32 Å². The summed E-state index contributed by atoms with van der Waals surface area (Å²) in [4.78, 5) is 11.9. The van der Waals surface area contributed by atoms with E-state index in [-0.39, 0.29) is 12.1 Å². The van der Waals surface area contributed by atoms with Gasteiger partial charge in [-0.05, 0) is 36.4 Å². The summed E-state index contributed by atoms with van der Waals surface area (Å²) in [5.74, 6) is 0.103. The van der Waals surface area contributed by atoms with Crippen molar-refractivity contribution < 1.29 is 9.21 Å². The van der Waals surface area contributed by atoms with Crippen LogP contribution in [0, 0.1) is 22.7 Å². The maximum absolute atomic E-state index is 11.9. The molecule has 6 nitrogen and oxygen atoms in total. The largest absolute Gasteiger partial charge is 0.467 e. The zero-order valence-corrected chi connectivity index (χ0v) is 11.5. The molecule has 2 aromatic rings. The molecule has 0 aliphatic heterocycles. The molecule has 0 spiro atoms. The van der Waals surface area contributed by atoms with E-state index in [1.54, 1.807) is 36.4 Å². The van der Waals surface area contributed by atoms with Crippen molar-refractivity contribution in [2.24, 2.45) is 0 Å². The van der Waals surface area contributed by atoms with Crippen molar-refractivity contribution in [2.75, 3.05) is 5.32 Å². The van der Waals surface area contributed by atoms with E-state index >= 15 is 0 Å². The number of benzene rings is 1. The lowest BCUT2D eigenvalue weighted by Gasteiger charge is -2.04. The van der Waals surface area contributed by atoms with Crippen LogP contribution >= 0.6 is 0 Å². The van der Waals surface area contributed by atoms with Crippen LogP contribution in [0.4, 0.5) is 5.69 Å². The molecule has 2 rings (SSSR count). The lowest BCUT2D eigenvalue weighted by Crippen LogP contribution is -2.24. The molecule has 1 heterocycles. The zero-order valence-electron chi connectivity index (χ0n) is 11.5. The molecule has 0 aliphatic carbocycles. The number of carbonyl (C=O) groups is 1. The molecular formula is C16H12N4O2. The molecule has 22 heavy (non-hydrogen) atoms. The van der Waals surface area contributed by atoms with Crippen LogP contribution in [0.25, 0.3) is 0 Å². The highest BCUT2D eigenvalue weighted by molar-refractivity contribution is 5.97. The van der Waals surface area contributed by atoms with Gasteiger partial charge in [-0.2, -0.15) is 10.5 Å². The predicted molar refractivity (Wildman–Crippen MR) is 79.0 cm³/mol. The van der Waals surface area contributed by atoms with Crippen LogP contribution in [0.15, 0.2) is 58.9 Å². The summed E-state index contributed by atoms with van der Waals surface area (Å²) >= 11 is 0. The van der Waals surface area contributed by atoms with Gasteiger partial charge in [0.25, 0.3) is 5.91 Å². The third kappa shape index (κ3) is 3.99. The molecule has 0 saturated heterocycles. The number of nitriles is 2. The van der Waals surface area contributed by atoms with Gasteiger partial charge in [-0.25, -0.2) is 0 Å². The van der Waals surface area contributed by atoms with Crippen molar-refractivity contribution in [3.05, 3.63) is 65.8 Å². The first-order valence-electron chi connectivity index (χ1n) is 6.40. The molecule has 108 valence electrons. The van der Waals surface area contributed by atoms with Crippen LogP contribution in [-0.4, -0.2) is 5.91 Å². The Morgan fingerprint density at radius 2 is 2.00 bits per heavy atom. The van der Waals surface area contributed by atoms with E-state index in [4.69, 9.17) is 14.9 Å². The number of amides is 1. The maximum Gasteiger partial charge on any atom is 0.263 e. The molecule has 0 unspecified atom stereocenters. The van der Waals surface area contributed by atoms with Gasteiger partial charge >= 0.3 is 0 Å². The van der Waals surface area contributed by atoms with E-state index in [0.717, 1.165) is 0 Å². The number of carbonyl (C=O) groups excluding carboxylic acids is 1.